The van der Waals surface area contributed by atoms with Crippen LogP contribution in [0, 0.1) is 5.41 Å². The molecule has 4 rings (SSSR count). The minimum absolute atomic E-state index is 0.122. The summed E-state index contributed by atoms with van der Waals surface area (Å²) >= 11 is 0. The van der Waals surface area contributed by atoms with Crippen LogP contribution in [-0.4, -0.2) is 42.9 Å². The predicted molar refractivity (Wildman–Crippen MR) is 119 cm³/mol. The third-order valence-corrected chi connectivity index (χ3v) is 7.27. The van der Waals surface area contributed by atoms with Crippen LogP contribution < -0.4 is 0 Å². The number of carbonyl (C=O) groups excluding carboxylic acids is 1. The van der Waals surface area contributed by atoms with Crippen molar-refractivity contribution in [1.82, 2.24) is 9.80 Å². The molecule has 0 unspecified atom stereocenters. The Morgan fingerprint density at radius 2 is 1.52 bits per heavy atom. The Labute approximate surface area is 175 Å². The van der Waals surface area contributed by atoms with E-state index in [-0.39, 0.29) is 11.4 Å². The molecule has 1 spiro atoms. The third kappa shape index (κ3) is 4.02. The molecule has 0 N–H and O–H groups in total. The first-order valence-electron chi connectivity index (χ1n) is 10.8. The number of hydrogen-bond acceptors (Lipinski definition) is 2. The van der Waals surface area contributed by atoms with Crippen LogP contribution in [0.1, 0.15) is 43.2 Å². The van der Waals surface area contributed by atoms with E-state index in [4.69, 9.17) is 0 Å². The second kappa shape index (κ2) is 8.16. The van der Waals surface area contributed by atoms with Gasteiger partial charge in [0.15, 0.2) is 0 Å². The molecule has 1 saturated carbocycles. The zero-order chi connectivity index (χ0) is 20.3. The summed E-state index contributed by atoms with van der Waals surface area (Å²) in [7, 11) is 4.42. The Bertz CT molecular complexity index is 849. The molecule has 0 atom stereocenters. The first-order chi connectivity index (χ1) is 14.0. The average molecular weight is 389 g/mol. The number of hydrogen-bond donors (Lipinski definition) is 0. The molecule has 1 aliphatic heterocycles. The molecule has 2 fully saturated rings. The van der Waals surface area contributed by atoms with E-state index in [1.165, 1.54) is 18.4 Å². The highest BCUT2D eigenvalue weighted by atomic mass is 16.2. The molecule has 3 nitrogen and oxygen atoms in total. The van der Waals surface area contributed by atoms with Crippen LogP contribution in [0.25, 0.3) is 6.08 Å². The van der Waals surface area contributed by atoms with Gasteiger partial charge in [-0.3, -0.25) is 9.69 Å². The van der Waals surface area contributed by atoms with Crippen LogP contribution >= 0.6 is 0 Å². The van der Waals surface area contributed by atoms with E-state index in [0.29, 0.717) is 5.41 Å². The molecule has 3 heteroatoms. The van der Waals surface area contributed by atoms with Crippen molar-refractivity contribution in [3.05, 3.63) is 77.9 Å². The normalized spacial score (nSPS) is 27.2. The minimum atomic E-state index is 0.122. The summed E-state index contributed by atoms with van der Waals surface area (Å²) in [4.78, 5) is 17.2. The van der Waals surface area contributed by atoms with Gasteiger partial charge in [-0.05, 0) is 68.8 Å². The van der Waals surface area contributed by atoms with Gasteiger partial charge in [-0.2, -0.15) is 0 Å². The fourth-order valence-corrected chi connectivity index (χ4v) is 5.30. The number of likely N-dealkylation sites (tertiary alicyclic amines) is 1. The Kier molecular flexibility index (Phi) is 5.60. The van der Waals surface area contributed by atoms with Crippen molar-refractivity contribution in [2.24, 2.45) is 5.41 Å². The molecule has 1 aliphatic carbocycles. The van der Waals surface area contributed by atoms with Gasteiger partial charge in [0.05, 0.1) is 0 Å². The van der Waals surface area contributed by atoms with Gasteiger partial charge in [-0.15, -0.1) is 0 Å². The van der Waals surface area contributed by atoms with E-state index in [1.807, 2.05) is 36.4 Å². The lowest BCUT2D eigenvalue weighted by Gasteiger charge is -2.49. The number of nitrogens with zero attached hydrogens (tertiary/aromatic N) is 2. The summed E-state index contributed by atoms with van der Waals surface area (Å²) in [6.07, 6.45) is 9.50. The zero-order valence-electron chi connectivity index (χ0n) is 17.7. The average Bonchev–Trinajstić information content (AvgIpc) is 3.18. The summed E-state index contributed by atoms with van der Waals surface area (Å²) in [5, 5.41) is 0. The van der Waals surface area contributed by atoms with Gasteiger partial charge < -0.3 is 4.90 Å². The van der Waals surface area contributed by atoms with E-state index < -0.39 is 0 Å². The lowest BCUT2D eigenvalue weighted by atomic mass is 9.64. The fourth-order valence-electron chi connectivity index (χ4n) is 5.30. The second-order valence-electron chi connectivity index (χ2n) is 9.05. The van der Waals surface area contributed by atoms with Crippen molar-refractivity contribution in [3.8, 4) is 0 Å². The standard InChI is InChI=1S/C26H32N2O/c1-27(2)26(23-11-7-4-8-12-23)17-15-25(16-18-26)19-20-28(21-25)24(29)14-13-22-9-5-3-6-10-22/h3-14H,15-21H2,1-2H3/b14-13+. The fraction of sp³-hybridized carbons (Fsp3) is 0.423. The Morgan fingerprint density at radius 1 is 0.897 bits per heavy atom. The largest absolute Gasteiger partial charge is 0.339 e. The highest BCUT2D eigenvalue weighted by molar-refractivity contribution is 5.92. The lowest BCUT2D eigenvalue weighted by Crippen LogP contribution is -2.47. The van der Waals surface area contributed by atoms with Gasteiger partial charge in [0.1, 0.15) is 0 Å². The van der Waals surface area contributed by atoms with Crippen molar-refractivity contribution >= 4 is 12.0 Å². The number of amides is 1. The Balaban J connectivity index is 1.41. The molecular formula is C26H32N2O. The van der Waals surface area contributed by atoms with Crippen LogP contribution in [0.3, 0.4) is 0 Å². The van der Waals surface area contributed by atoms with Crippen molar-refractivity contribution in [2.45, 2.75) is 37.6 Å². The van der Waals surface area contributed by atoms with E-state index in [0.717, 1.165) is 37.9 Å². The maximum absolute atomic E-state index is 12.7. The molecule has 0 aromatic heterocycles. The summed E-state index contributed by atoms with van der Waals surface area (Å²) < 4.78 is 0. The molecule has 1 amide bonds. The minimum Gasteiger partial charge on any atom is -0.339 e. The van der Waals surface area contributed by atoms with Crippen molar-refractivity contribution in [3.63, 3.8) is 0 Å². The molecule has 1 heterocycles. The second-order valence-corrected chi connectivity index (χ2v) is 9.05. The number of carbonyl (C=O) groups is 1. The molecule has 2 aromatic carbocycles. The maximum Gasteiger partial charge on any atom is 0.246 e. The highest BCUT2D eigenvalue weighted by Gasteiger charge is 2.48. The Morgan fingerprint density at radius 3 is 2.14 bits per heavy atom. The molecule has 152 valence electrons. The zero-order valence-corrected chi connectivity index (χ0v) is 17.7. The van der Waals surface area contributed by atoms with Gasteiger partial charge in [0, 0.05) is 24.7 Å². The number of benzene rings is 2. The number of rotatable bonds is 4. The van der Waals surface area contributed by atoms with Gasteiger partial charge in [0.2, 0.25) is 5.91 Å². The molecule has 1 saturated heterocycles. The van der Waals surface area contributed by atoms with Gasteiger partial charge in [0.25, 0.3) is 0 Å². The maximum atomic E-state index is 12.7. The van der Waals surface area contributed by atoms with E-state index in [9.17, 15) is 4.79 Å². The SMILES string of the molecule is CN(C)C1(c2ccccc2)CCC2(CCN(C(=O)/C=C/c3ccccc3)C2)CC1. The van der Waals surface area contributed by atoms with Gasteiger partial charge in [-0.25, -0.2) is 0 Å². The van der Waals surface area contributed by atoms with Crippen LogP contribution in [0.4, 0.5) is 0 Å². The first-order valence-corrected chi connectivity index (χ1v) is 10.8. The summed E-state index contributed by atoms with van der Waals surface area (Å²) in [5.41, 5.74) is 2.92. The summed E-state index contributed by atoms with van der Waals surface area (Å²) in [6.45, 7) is 1.79. The summed E-state index contributed by atoms with van der Waals surface area (Å²) in [6, 6.07) is 21.0. The topological polar surface area (TPSA) is 23.6 Å². The first kappa shape index (κ1) is 19.9. The third-order valence-electron chi connectivity index (χ3n) is 7.27. The quantitative estimate of drug-likeness (QED) is 0.692. The molecule has 0 bridgehead atoms. The highest BCUT2D eigenvalue weighted by Crippen LogP contribution is 2.51. The lowest BCUT2D eigenvalue weighted by molar-refractivity contribution is -0.125. The molecule has 0 radical (unpaired) electrons. The van der Waals surface area contributed by atoms with Crippen LogP contribution in [0.15, 0.2) is 66.7 Å². The van der Waals surface area contributed by atoms with E-state index in [1.54, 1.807) is 6.08 Å². The van der Waals surface area contributed by atoms with E-state index >= 15 is 0 Å². The van der Waals surface area contributed by atoms with Crippen LogP contribution in [0.5, 0.6) is 0 Å². The van der Waals surface area contributed by atoms with Crippen LogP contribution in [0.2, 0.25) is 0 Å². The van der Waals surface area contributed by atoms with Crippen molar-refractivity contribution in [2.75, 3.05) is 27.2 Å². The van der Waals surface area contributed by atoms with Crippen LogP contribution in [-0.2, 0) is 10.3 Å². The van der Waals surface area contributed by atoms with Crippen molar-refractivity contribution in [1.29, 1.82) is 0 Å². The molecule has 29 heavy (non-hydrogen) atoms. The smallest absolute Gasteiger partial charge is 0.246 e. The van der Waals surface area contributed by atoms with Crippen molar-refractivity contribution < 1.29 is 4.79 Å². The van der Waals surface area contributed by atoms with Gasteiger partial charge >= 0.3 is 0 Å². The van der Waals surface area contributed by atoms with E-state index in [2.05, 4.69) is 54.2 Å². The molecular weight excluding hydrogens is 356 g/mol. The molecule has 2 aliphatic rings. The predicted octanol–water partition coefficient (Wildman–Crippen LogP) is 4.95. The molecule has 2 aromatic rings. The Hall–Kier alpha value is -2.39. The monoisotopic (exact) mass is 388 g/mol. The van der Waals surface area contributed by atoms with Gasteiger partial charge in [-0.1, -0.05) is 60.7 Å². The summed E-state index contributed by atoms with van der Waals surface area (Å²) in [5.74, 6) is 0.151.